The number of unbranched alkanes of at least 4 members (excludes halogenated alkanes) is 6. The minimum absolute atomic E-state index is 0. The first-order chi connectivity index (χ1) is 26.0. The van der Waals surface area contributed by atoms with Crippen molar-refractivity contribution in [3.05, 3.63) is 0 Å². The Morgan fingerprint density at radius 2 is 0.831 bits per heavy atom. The maximum absolute atomic E-state index is 10.2. The Bertz CT molecular complexity index is 1210. The average Bonchev–Trinajstić information content (AvgIpc) is 3.14. The van der Waals surface area contributed by atoms with Crippen molar-refractivity contribution in [2.75, 3.05) is 102 Å². The van der Waals surface area contributed by atoms with E-state index in [-0.39, 0.29) is 130 Å². The van der Waals surface area contributed by atoms with Gasteiger partial charge in [-0.15, -0.1) is 0 Å². The summed E-state index contributed by atoms with van der Waals surface area (Å²) in [4.78, 5) is 6.49. The van der Waals surface area contributed by atoms with Gasteiger partial charge in [-0.3, -0.25) is 0 Å². The van der Waals surface area contributed by atoms with E-state index < -0.39 is 29.7 Å². The van der Waals surface area contributed by atoms with Gasteiger partial charge in [-0.25, -0.2) is 21.0 Å². The van der Waals surface area contributed by atoms with Crippen molar-refractivity contribution in [3.8, 4) is 0 Å². The zero-order chi connectivity index (χ0) is 41.4. The molecule has 0 amide bonds. The third-order valence-corrected chi connectivity index (χ3v) is 17.8. The van der Waals surface area contributed by atoms with Crippen molar-refractivity contribution < 1.29 is 172 Å². The van der Waals surface area contributed by atoms with Gasteiger partial charge in [-0.05, 0) is 68.9 Å². The molecule has 0 radical (unpaired) electrons. The van der Waals surface area contributed by atoms with Crippen LogP contribution in [0.3, 0.4) is 0 Å². The van der Waals surface area contributed by atoms with Gasteiger partial charge in [0.2, 0.25) is 0 Å². The Labute approximate surface area is 488 Å². The average molecular weight is 1120 g/mol. The molecule has 0 spiro atoms. The fraction of sp³-hybridized carbons (Fsp3) is 0.889. The molecule has 0 aromatic rings. The first-order valence-corrected chi connectivity index (χ1v) is 30.0. The number of ether oxygens (including phenoxy) is 3. The maximum atomic E-state index is 10.2. The van der Waals surface area contributed by atoms with Crippen LogP contribution in [0.15, 0.2) is 0 Å². The van der Waals surface area contributed by atoms with Crippen LogP contribution < -0.4 is 118 Å². The van der Waals surface area contributed by atoms with Gasteiger partial charge in [0.1, 0.15) is 26.9 Å². The van der Waals surface area contributed by atoms with Crippen molar-refractivity contribution in [1.29, 1.82) is 0 Å². The molecule has 0 saturated carbocycles. The van der Waals surface area contributed by atoms with Crippen LogP contribution in [0.25, 0.3) is 0 Å². The summed E-state index contributed by atoms with van der Waals surface area (Å²) >= 11 is 17.7. The van der Waals surface area contributed by atoms with Gasteiger partial charge in [0, 0.05) is 62.3 Å². The monoisotopic (exact) mass is 1110 g/mol. The third kappa shape index (κ3) is 53.0. The van der Waals surface area contributed by atoms with Crippen LogP contribution >= 0.6 is 101 Å². The van der Waals surface area contributed by atoms with Crippen LogP contribution in [0, 0.1) is 0 Å². The summed E-state index contributed by atoms with van der Waals surface area (Å²) in [5.74, 6) is 2.86. The smallest absolute Gasteiger partial charge is 0.750 e. The standard InChI is InChI=1S/C16H28N2O2S6.C6H14O6S4.C5H9NOS2.4Na.H2O3S/c21-15(17-5-9-19-10-6-17)25-23-13-3-1-2-4-14-24-26-16(22)18-7-11-20-12-8-18;7-15(8,9)13-5-3-1-2-4-6-14-16(10,11)12;8-5(9)6-1-3-7-4-2-6;;;;;1-4(2)3/h1-14H2;1-6H2,(H,7,8,9)(H,10,11,12);1-4H2,(H,8,9);;;;;(H2,1,2,3)/q;;;4*+1;/p-4. The van der Waals surface area contributed by atoms with E-state index in [9.17, 15) is 25.9 Å². The first kappa shape index (κ1) is 73.7. The van der Waals surface area contributed by atoms with Crippen molar-refractivity contribution in [2.45, 2.75) is 51.4 Å². The van der Waals surface area contributed by atoms with Crippen LogP contribution in [-0.4, -0.2) is 169 Å². The summed E-state index contributed by atoms with van der Waals surface area (Å²) in [6.45, 7) is 10.2. The number of nitrogens with zero attached hydrogens (tertiary/aromatic N) is 3. The number of rotatable bonds is 18. The molecule has 15 nitrogen and oxygen atoms in total. The van der Waals surface area contributed by atoms with Gasteiger partial charge in [0.05, 0.1) is 51.0 Å². The number of hydrogen-bond acceptors (Lipinski definition) is 21. The van der Waals surface area contributed by atoms with Gasteiger partial charge in [0.15, 0.2) is 0 Å². The second kappa shape index (κ2) is 48.8. The van der Waals surface area contributed by atoms with Crippen molar-refractivity contribution in [2.24, 2.45) is 0 Å². The molecule has 0 aromatic carbocycles. The van der Waals surface area contributed by atoms with E-state index in [2.05, 4.69) is 9.80 Å². The molecule has 3 rings (SSSR count). The van der Waals surface area contributed by atoms with Crippen molar-refractivity contribution >= 4 is 157 Å². The first-order valence-electron chi connectivity index (χ1n) is 16.9. The van der Waals surface area contributed by atoms with Crippen LogP contribution in [0.5, 0.6) is 0 Å². The fourth-order valence-corrected chi connectivity index (χ4v) is 12.7. The summed E-state index contributed by atoms with van der Waals surface area (Å²) in [6.07, 6.45) is 7.74. The van der Waals surface area contributed by atoms with E-state index in [1.165, 1.54) is 37.2 Å². The van der Waals surface area contributed by atoms with E-state index in [0.717, 1.165) is 87.6 Å². The van der Waals surface area contributed by atoms with Crippen LogP contribution in [-0.2, 0) is 56.5 Å². The largest absolute Gasteiger partial charge is 1.00 e. The van der Waals surface area contributed by atoms with Crippen molar-refractivity contribution in [1.82, 2.24) is 14.7 Å². The van der Waals surface area contributed by atoms with Crippen LogP contribution in [0.2, 0.25) is 0 Å². The van der Waals surface area contributed by atoms with Crippen molar-refractivity contribution in [3.63, 3.8) is 0 Å². The Morgan fingerprint density at radius 1 is 0.576 bits per heavy atom. The molecule has 3 aliphatic rings. The van der Waals surface area contributed by atoms with Gasteiger partial charge in [-0.2, -0.15) is 0 Å². The number of thiocarbonyl (C=S) groups is 3. The molecule has 3 saturated heterocycles. The summed E-state index contributed by atoms with van der Waals surface area (Å²) in [7, 11) is -0.366. The molecule has 0 aromatic heterocycles. The van der Waals surface area contributed by atoms with Gasteiger partial charge in [0.25, 0.3) is 0 Å². The molecule has 59 heavy (non-hydrogen) atoms. The Morgan fingerprint density at radius 3 is 1.07 bits per heavy atom. The SMILES string of the molecule is O=S(=O)([O-])SCCCCCCSS(=O)(=O)[O-].O=S([O-])O.S=C(SSCCCCCCSSC(=S)N1CCOCC1)N1CCOCC1.S=C([S-])N1CCOCC1.[Na+].[Na+].[Na+].[Na+]. The number of hydrogen-bond donors (Lipinski definition) is 1. The molecule has 32 heteroatoms. The summed E-state index contributed by atoms with van der Waals surface area (Å²) < 4.78 is 104. The van der Waals surface area contributed by atoms with Gasteiger partial charge in [-0.1, -0.05) is 76.0 Å². The minimum Gasteiger partial charge on any atom is -0.750 e. The molecule has 3 aliphatic heterocycles. The van der Waals surface area contributed by atoms with Gasteiger partial charge < -0.3 is 72.0 Å². The molecule has 1 N–H and O–H groups in total. The molecule has 3 heterocycles. The third-order valence-electron chi connectivity index (χ3n) is 6.77. The predicted molar refractivity (Wildman–Crippen MR) is 245 cm³/mol. The summed E-state index contributed by atoms with van der Waals surface area (Å²) in [5.41, 5.74) is 0. The molecule has 1 unspecified atom stereocenters. The van der Waals surface area contributed by atoms with Crippen LogP contribution in [0.4, 0.5) is 0 Å². The van der Waals surface area contributed by atoms with E-state index in [0.29, 0.717) is 51.6 Å². The van der Waals surface area contributed by atoms with Crippen LogP contribution in [0.1, 0.15) is 51.4 Å². The van der Waals surface area contributed by atoms with E-state index in [1.54, 1.807) is 21.6 Å². The zero-order valence-corrected chi connectivity index (χ0v) is 52.7. The molecule has 3 fully saturated rings. The Hall–Kier alpha value is 5.76. The van der Waals surface area contributed by atoms with E-state index in [1.807, 2.05) is 26.5 Å². The fourth-order valence-electron chi connectivity index (χ4n) is 4.08. The zero-order valence-electron chi connectivity index (χ0n) is 34.1. The summed E-state index contributed by atoms with van der Waals surface area (Å²) in [5, 5.41) is 0. The quantitative estimate of drug-likeness (QED) is 0.0257. The minimum atomic E-state index is -4.20. The molecule has 0 bridgehead atoms. The molecular formula is C27H49N3Na4O12S13. The molecule has 0 aliphatic carbocycles. The van der Waals surface area contributed by atoms with E-state index in [4.69, 9.17) is 76.8 Å². The van der Waals surface area contributed by atoms with E-state index >= 15 is 0 Å². The molecule has 326 valence electrons. The maximum Gasteiger partial charge on any atom is 1.00 e. The Kier molecular flexibility index (Phi) is 60.9. The second-order valence-corrected chi connectivity index (χ2v) is 25.3. The Balaban J connectivity index is -0.000000252. The predicted octanol–water partition coefficient (Wildman–Crippen LogP) is -7.02. The second-order valence-electron chi connectivity index (χ2n) is 10.9. The topological polar surface area (TPSA) is 212 Å². The molecular weight excluding hydrogens is 1070 g/mol. The molecule has 1 atom stereocenters. The normalized spacial score (nSPS) is 15.6. The summed E-state index contributed by atoms with van der Waals surface area (Å²) in [6, 6.07) is 0. The van der Waals surface area contributed by atoms with Gasteiger partial charge >= 0.3 is 118 Å². The number of morpholine rings is 3.